The number of carbonyl (C=O) groups excluding carboxylic acids is 3. The Morgan fingerprint density at radius 1 is 1.21 bits per heavy atom. The number of carbonyl (C=O) groups is 3. The lowest BCUT2D eigenvalue weighted by molar-refractivity contribution is -0.142. The molecule has 9 nitrogen and oxygen atoms in total. The summed E-state index contributed by atoms with van der Waals surface area (Å²) in [5, 5.41) is 5.55. The van der Waals surface area contributed by atoms with E-state index in [1.54, 1.807) is 13.1 Å². The minimum Gasteiger partial charge on any atom is -0.468 e. The Balaban J connectivity index is 1.97. The molecule has 28 heavy (non-hydrogen) atoms. The van der Waals surface area contributed by atoms with Gasteiger partial charge in [0, 0.05) is 18.7 Å². The van der Waals surface area contributed by atoms with E-state index in [1.165, 1.54) is 13.3 Å². The first-order valence-electron chi connectivity index (χ1n) is 9.50. The van der Waals surface area contributed by atoms with Gasteiger partial charge < -0.3 is 20.1 Å². The van der Waals surface area contributed by atoms with Crippen LogP contribution in [0.2, 0.25) is 0 Å². The second-order valence-corrected chi connectivity index (χ2v) is 6.84. The fourth-order valence-electron chi connectivity index (χ4n) is 3.11. The molecule has 1 aliphatic rings. The van der Waals surface area contributed by atoms with Crippen LogP contribution in [-0.4, -0.2) is 60.2 Å². The van der Waals surface area contributed by atoms with Gasteiger partial charge in [0.05, 0.1) is 31.1 Å². The topological polar surface area (TPSA) is 120 Å². The van der Waals surface area contributed by atoms with Crippen LogP contribution in [0.1, 0.15) is 48.8 Å². The summed E-state index contributed by atoms with van der Waals surface area (Å²) >= 11 is 0. The Labute approximate surface area is 164 Å². The summed E-state index contributed by atoms with van der Waals surface area (Å²) in [5.74, 6) is -1.29. The molecule has 0 spiro atoms. The van der Waals surface area contributed by atoms with E-state index in [0.717, 1.165) is 12.1 Å². The second-order valence-electron chi connectivity index (χ2n) is 6.84. The normalized spacial score (nSPS) is 21.6. The van der Waals surface area contributed by atoms with Crippen LogP contribution in [-0.2, 0) is 19.1 Å². The van der Waals surface area contributed by atoms with Crippen molar-refractivity contribution in [3.63, 3.8) is 0 Å². The fourth-order valence-corrected chi connectivity index (χ4v) is 3.11. The summed E-state index contributed by atoms with van der Waals surface area (Å²) in [4.78, 5) is 44.2. The van der Waals surface area contributed by atoms with E-state index in [4.69, 9.17) is 4.74 Å². The van der Waals surface area contributed by atoms with Crippen molar-refractivity contribution >= 4 is 17.8 Å². The molecule has 0 radical (unpaired) electrons. The zero-order chi connectivity index (χ0) is 20.5. The van der Waals surface area contributed by atoms with E-state index in [2.05, 4.69) is 25.3 Å². The molecule has 0 saturated heterocycles. The van der Waals surface area contributed by atoms with Gasteiger partial charge in [-0.2, -0.15) is 0 Å². The lowest BCUT2D eigenvalue weighted by Crippen LogP contribution is -2.50. The molecule has 154 valence electrons. The number of hydrogen-bond acceptors (Lipinski definition) is 7. The maximum Gasteiger partial charge on any atom is 0.325 e. The van der Waals surface area contributed by atoms with Gasteiger partial charge >= 0.3 is 5.97 Å². The lowest BCUT2D eigenvalue weighted by atomic mass is 9.83. The predicted octanol–water partition coefficient (Wildman–Crippen LogP) is 0.768. The van der Waals surface area contributed by atoms with Crippen molar-refractivity contribution < 1.29 is 23.9 Å². The SMILES string of the molecule is CCCO[C@@H]1C[C@@H](C(=O)NCC(=O)OC)CC[C@H]1NC(=O)c1cnc(C)cn1. The molecule has 1 heterocycles. The number of nitrogens with zero attached hydrogens (tertiary/aromatic N) is 2. The smallest absolute Gasteiger partial charge is 0.325 e. The molecule has 2 N–H and O–H groups in total. The van der Waals surface area contributed by atoms with E-state index < -0.39 is 5.97 Å². The summed E-state index contributed by atoms with van der Waals surface area (Å²) in [6.07, 6.45) is 5.18. The van der Waals surface area contributed by atoms with Gasteiger partial charge in [0.2, 0.25) is 5.91 Å². The number of nitrogens with one attached hydrogen (secondary N) is 2. The monoisotopic (exact) mass is 392 g/mol. The number of aryl methyl sites for hydroxylation is 1. The van der Waals surface area contributed by atoms with Gasteiger partial charge in [0.15, 0.2) is 0 Å². The highest BCUT2D eigenvalue weighted by atomic mass is 16.5. The molecule has 2 amide bonds. The Morgan fingerprint density at radius 3 is 2.64 bits per heavy atom. The predicted molar refractivity (Wildman–Crippen MR) is 100 cm³/mol. The maximum atomic E-state index is 12.5. The van der Waals surface area contributed by atoms with Gasteiger partial charge in [0.25, 0.3) is 5.91 Å². The Kier molecular flexibility index (Phi) is 8.31. The molecule has 2 rings (SSSR count). The van der Waals surface area contributed by atoms with Gasteiger partial charge in [-0.1, -0.05) is 6.92 Å². The standard InChI is InChI=1S/C19H28N4O5/c1-4-7-28-16-8-13(18(25)22-11-17(24)27-3)5-6-14(16)23-19(26)15-10-20-12(2)9-21-15/h9-10,13-14,16H,4-8,11H2,1-3H3,(H,22,25)(H,23,26)/t13-,14+,16+/m0/s1. The zero-order valence-corrected chi connectivity index (χ0v) is 16.6. The summed E-state index contributed by atoms with van der Waals surface area (Å²) in [7, 11) is 1.27. The third-order valence-electron chi connectivity index (χ3n) is 4.66. The van der Waals surface area contributed by atoms with Crippen molar-refractivity contribution in [1.82, 2.24) is 20.6 Å². The average molecular weight is 392 g/mol. The van der Waals surface area contributed by atoms with Crippen LogP contribution < -0.4 is 10.6 Å². The number of rotatable bonds is 8. The molecule has 1 aromatic heterocycles. The number of amides is 2. The van der Waals surface area contributed by atoms with Crippen LogP contribution in [0, 0.1) is 12.8 Å². The van der Waals surface area contributed by atoms with Gasteiger partial charge in [-0.25, -0.2) is 4.98 Å². The van der Waals surface area contributed by atoms with Gasteiger partial charge in [-0.3, -0.25) is 19.4 Å². The number of aromatic nitrogens is 2. The molecule has 3 atom stereocenters. The molecule has 9 heteroatoms. The van der Waals surface area contributed by atoms with Crippen LogP contribution in [0.15, 0.2) is 12.4 Å². The zero-order valence-electron chi connectivity index (χ0n) is 16.6. The Hall–Kier alpha value is -2.55. The van der Waals surface area contributed by atoms with E-state index in [9.17, 15) is 14.4 Å². The number of ether oxygens (including phenoxy) is 2. The molecule has 1 aromatic rings. The van der Waals surface area contributed by atoms with E-state index in [-0.39, 0.29) is 42.1 Å². The van der Waals surface area contributed by atoms with Gasteiger partial charge in [-0.05, 0) is 32.6 Å². The highest BCUT2D eigenvalue weighted by molar-refractivity contribution is 5.92. The quantitative estimate of drug-likeness (QED) is 0.627. The van der Waals surface area contributed by atoms with E-state index >= 15 is 0 Å². The third kappa shape index (κ3) is 6.26. The number of hydrogen-bond donors (Lipinski definition) is 2. The van der Waals surface area contributed by atoms with Crippen molar-refractivity contribution in [2.24, 2.45) is 5.92 Å². The number of methoxy groups -OCH3 is 1. The molecular formula is C19H28N4O5. The van der Waals surface area contributed by atoms with Crippen molar-refractivity contribution in [1.29, 1.82) is 0 Å². The Morgan fingerprint density at radius 2 is 2.00 bits per heavy atom. The van der Waals surface area contributed by atoms with Crippen molar-refractivity contribution in [3.05, 3.63) is 23.8 Å². The highest BCUT2D eigenvalue weighted by Gasteiger charge is 2.35. The molecule has 1 saturated carbocycles. The van der Waals surface area contributed by atoms with Crippen molar-refractivity contribution in [2.75, 3.05) is 20.3 Å². The molecule has 1 aliphatic carbocycles. The van der Waals surface area contributed by atoms with Crippen LogP contribution in [0.3, 0.4) is 0 Å². The summed E-state index contributed by atoms with van der Waals surface area (Å²) < 4.78 is 10.4. The third-order valence-corrected chi connectivity index (χ3v) is 4.66. The maximum absolute atomic E-state index is 12.5. The largest absolute Gasteiger partial charge is 0.468 e. The molecular weight excluding hydrogens is 364 g/mol. The van der Waals surface area contributed by atoms with E-state index in [1.807, 2.05) is 6.92 Å². The highest BCUT2D eigenvalue weighted by Crippen LogP contribution is 2.27. The van der Waals surface area contributed by atoms with Gasteiger partial charge in [0.1, 0.15) is 12.2 Å². The molecule has 0 bridgehead atoms. The Bertz CT molecular complexity index is 679. The molecule has 0 aliphatic heterocycles. The van der Waals surface area contributed by atoms with Crippen molar-refractivity contribution in [2.45, 2.75) is 51.7 Å². The lowest BCUT2D eigenvalue weighted by Gasteiger charge is -2.35. The molecule has 1 fully saturated rings. The van der Waals surface area contributed by atoms with Crippen LogP contribution in [0.25, 0.3) is 0 Å². The van der Waals surface area contributed by atoms with Crippen LogP contribution in [0.4, 0.5) is 0 Å². The minimum absolute atomic E-state index is 0.154. The summed E-state index contributed by atoms with van der Waals surface area (Å²) in [6, 6.07) is -0.216. The first-order chi connectivity index (χ1) is 13.4. The van der Waals surface area contributed by atoms with Crippen molar-refractivity contribution in [3.8, 4) is 0 Å². The number of esters is 1. The first kappa shape index (κ1) is 21.7. The average Bonchev–Trinajstić information content (AvgIpc) is 2.71. The second kappa shape index (κ2) is 10.7. The minimum atomic E-state index is -0.493. The summed E-state index contributed by atoms with van der Waals surface area (Å²) in [6.45, 7) is 4.19. The molecule has 0 aromatic carbocycles. The van der Waals surface area contributed by atoms with E-state index in [0.29, 0.717) is 25.9 Å². The fraction of sp³-hybridized carbons (Fsp3) is 0.632. The van der Waals surface area contributed by atoms with Gasteiger partial charge in [-0.15, -0.1) is 0 Å². The summed E-state index contributed by atoms with van der Waals surface area (Å²) in [5.41, 5.74) is 0.983. The van der Waals surface area contributed by atoms with Crippen LogP contribution in [0.5, 0.6) is 0 Å². The first-order valence-corrected chi connectivity index (χ1v) is 9.50. The molecule has 0 unspecified atom stereocenters. The van der Waals surface area contributed by atoms with Crippen LogP contribution >= 0.6 is 0 Å².